The summed E-state index contributed by atoms with van der Waals surface area (Å²) in [7, 11) is 0. The van der Waals surface area contributed by atoms with E-state index in [4.69, 9.17) is 19.7 Å². The fraction of sp³-hybridized carbons (Fsp3) is 0.179. The lowest BCUT2D eigenvalue weighted by Gasteiger charge is -2.26. The van der Waals surface area contributed by atoms with Gasteiger partial charge in [0.15, 0.2) is 0 Å². The van der Waals surface area contributed by atoms with Gasteiger partial charge in [-0.2, -0.15) is 10.2 Å². The number of hydrogen-bond donors (Lipinski definition) is 0. The number of hydrazone groups is 2. The van der Waals surface area contributed by atoms with Crippen molar-refractivity contribution in [2.45, 2.75) is 19.1 Å². The van der Waals surface area contributed by atoms with E-state index in [-0.39, 0.29) is 12.2 Å². The number of nitrogens with zero attached hydrogens (tertiary/aromatic N) is 5. The van der Waals surface area contributed by atoms with Crippen LogP contribution in [0.4, 0.5) is 28.4 Å². The smallest absolute Gasteiger partial charge is 0.101 e. The molecule has 2 aliphatic rings. The molecule has 0 bridgehead atoms. The summed E-state index contributed by atoms with van der Waals surface area (Å²) >= 11 is 0. The van der Waals surface area contributed by atoms with Crippen LogP contribution in [0.3, 0.4) is 0 Å². The third-order valence-corrected chi connectivity index (χ3v) is 7.95. The van der Waals surface area contributed by atoms with Crippen LogP contribution in [0.15, 0.2) is 144 Å². The molecule has 0 aromatic heterocycles. The van der Waals surface area contributed by atoms with Gasteiger partial charge in [0.25, 0.3) is 0 Å². The van der Waals surface area contributed by atoms with E-state index in [0.717, 1.165) is 65.9 Å². The molecule has 0 saturated carbocycles. The first kappa shape index (κ1) is 29.5. The van der Waals surface area contributed by atoms with Crippen LogP contribution in [0.25, 0.3) is 0 Å². The minimum absolute atomic E-state index is 0.237. The van der Waals surface area contributed by atoms with Gasteiger partial charge in [-0.25, -0.2) is 0 Å². The fourth-order valence-corrected chi connectivity index (χ4v) is 5.20. The van der Waals surface area contributed by atoms with Gasteiger partial charge in [0.2, 0.25) is 0 Å². The Hall–Kier alpha value is -5.24. The highest BCUT2D eigenvalue weighted by atomic mass is 16.6. The molecule has 7 rings (SSSR count). The Morgan fingerprint density at radius 2 is 0.891 bits per heavy atom. The van der Waals surface area contributed by atoms with E-state index in [1.165, 1.54) is 5.56 Å². The maximum Gasteiger partial charge on any atom is 0.101 e. The van der Waals surface area contributed by atoms with Gasteiger partial charge in [-0.1, -0.05) is 78.4 Å². The molecule has 2 fully saturated rings. The van der Waals surface area contributed by atoms with Crippen molar-refractivity contribution < 1.29 is 9.47 Å². The van der Waals surface area contributed by atoms with Crippen molar-refractivity contribution >= 4 is 40.9 Å². The van der Waals surface area contributed by atoms with Gasteiger partial charge in [-0.3, -0.25) is 10.0 Å². The standard InChI is InChI=1S/C39H37N5O2/c1-30-12-18-35(19-13-30)44(36-20-14-31(15-21-36)24-40-42(26-38-28-45-38)33-8-4-2-5-9-33)37-22-16-32(17-23-37)25-41-43(27-39-29-46-39)34-10-6-3-7-11-34/h2-25,38-39H,26-29H2,1H3. The molecule has 5 aromatic carbocycles. The second kappa shape index (κ2) is 13.8. The molecule has 7 nitrogen and oxygen atoms in total. The number of benzene rings is 5. The zero-order chi connectivity index (χ0) is 31.1. The maximum atomic E-state index is 5.48. The van der Waals surface area contributed by atoms with E-state index in [2.05, 4.69) is 109 Å². The number of rotatable bonds is 13. The van der Waals surface area contributed by atoms with Gasteiger partial charge >= 0.3 is 0 Å². The van der Waals surface area contributed by atoms with Gasteiger partial charge in [0.05, 0.1) is 50.1 Å². The molecule has 5 aromatic rings. The van der Waals surface area contributed by atoms with Crippen LogP contribution in [0.1, 0.15) is 16.7 Å². The molecule has 2 unspecified atom stereocenters. The first-order chi connectivity index (χ1) is 22.7. The third kappa shape index (κ3) is 7.69. The zero-order valence-corrected chi connectivity index (χ0v) is 25.9. The van der Waals surface area contributed by atoms with E-state index < -0.39 is 0 Å². The molecule has 230 valence electrons. The lowest BCUT2D eigenvalue weighted by atomic mass is 10.1. The number of hydrogen-bond acceptors (Lipinski definition) is 7. The van der Waals surface area contributed by atoms with E-state index >= 15 is 0 Å². The molecule has 2 aliphatic heterocycles. The summed E-state index contributed by atoms with van der Waals surface area (Å²) in [5.74, 6) is 0. The summed E-state index contributed by atoms with van der Waals surface area (Å²) in [5, 5.41) is 13.6. The number of epoxide rings is 2. The number of anilines is 5. The Kier molecular flexibility index (Phi) is 8.85. The summed E-state index contributed by atoms with van der Waals surface area (Å²) < 4.78 is 11.0. The molecular weight excluding hydrogens is 570 g/mol. The fourth-order valence-electron chi connectivity index (χ4n) is 5.20. The molecule has 0 aliphatic carbocycles. The van der Waals surface area contributed by atoms with Gasteiger partial charge in [0, 0.05) is 17.1 Å². The minimum atomic E-state index is 0.237. The Morgan fingerprint density at radius 3 is 1.26 bits per heavy atom. The van der Waals surface area contributed by atoms with Gasteiger partial charge in [0.1, 0.15) is 12.2 Å². The third-order valence-electron chi connectivity index (χ3n) is 7.95. The lowest BCUT2D eigenvalue weighted by molar-refractivity contribution is 0.408. The molecule has 0 spiro atoms. The molecule has 46 heavy (non-hydrogen) atoms. The van der Waals surface area contributed by atoms with Gasteiger partial charge < -0.3 is 14.4 Å². The molecule has 7 heteroatoms. The first-order valence-corrected chi connectivity index (χ1v) is 15.7. The van der Waals surface area contributed by atoms with E-state index in [1.807, 2.05) is 58.8 Å². The Labute approximate surface area is 270 Å². The van der Waals surface area contributed by atoms with E-state index in [1.54, 1.807) is 0 Å². The number of ether oxygens (including phenoxy) is 2. The predicted octanol–water partition coefficient (Wildman–Crippen LogP) is 7.94. The second-order valence-corrected chi connectivity index (χ2v) is 11.6. The quantitative estimate of drug-likeness (QED) is 0.0773. The highest BCUT2D eigenvalue weighted by molar-refractivity contribution is 5.85. The zero-order valence-electron chi connectivity index (χ0n) is 25.9. The molecule has 2 saturated heterocycles. The van der Waals surface area contributed by atoms with Crippen LogP contribution in [-0.2, 0) is 9.47 Å². The van der Waals surface area contributed by atoms with Crippen molar-refractivity contribution in [3.05, 3.63) is 150 Å². The monoisotopic (exact) mass is 607 g/mol. The van der Waals surface area contributed by atoms with Crippen molar-refractivity contribution in [2.24, 2.45) is 10.2 Å². The average Bonchev–Trinajstić information content (AvgIpc) is 4.05. The predicted molar refractivity (Wildman–Crippen MR) is 188 cm³/mol. The van der Waals surface area contributed by atoms with Crippen molar-refractivity contribution in [2.75, 3.05) is 41.2 Å². The highest BCUT2D eigenvalue weighted by Crippen LogP contribution is 2.35. The summed E-state index contributed by atoms with van der Waals surface area (Å²) in [4.78, 5) is 2.27. The summed E-state index contributed by atoms with van der Waals surface area (Å²) in [6.45, 7) is 5.16. The average molecular weight is 608 g/mol. The molecular formula is C39H37N5O2. The van der Waals surface area contributed by atoms with Crippen LogP contribution in [0.2, 0.25) is 0 Å². The van der Waals surface area contributed by atoms with Crippen molar-refractivity contribution in [3.8, 4) is 0 Å². The molecule has 0 amide bonds. The molecule has 2 atom stereocenters. The first-order valence-electron chi connectivity index (χ1n) is 15.7. The van der Waals surface area contributed by atoms with Crippen LogP contribution < -0.4 is 14.9 Å². The van der Waals surface area contributed by atoms with E-state index in [9.17, 15) is 0 Å². The van der Waals surface area contributed by atoms with Crippen molar-refractivity contribution in [3.63, 3.8) is 0 Å². The number of para-hydroxylation sites is 2. The molecule has 2 heterocycles. The topological polar surface area (TPSA) is 59.5 Å². The Balaban J connectivity index is 1.11. The number of aryl methyl sites for hydroxylation is 1. The largest absolute Gasteiger partial charge is 0.371 e. The van der Waals surface area contributed by atoms with Crippen LogP contribution in [-0.4, -0.2) is 50.9 Å². The highest BCUT2D eigenvalue weighted by Gasteiger charge is 2.26. The van der Waals surface area contributed by atoms with Gasteiger partial charge in [-0.15, -0.1) is 0 Å². The van der Waals surface area contributed by atoms with Crippen LogP contribution in [0, 0.1) is 6.92 Å². The molecule has 0 radical (unpaired) electrons. The SMILES string of the molecule is Cc1ccc(N(c2ccc(C=NN(CC3CO3)c3ccccc3)cc2)c2ccc(C=NN(CC3CO3)c3ccccc3)cc2)cc1. The Morgan fingerprint density at radius 1 is 0.522 bits per heavy atom. The second-order valence-electron chi connectivity index (χ2n) is 11.6. The minimum Gasteiger partial charge on any atom is -0.371 e. The summed E-state index contributed by atoms with van der Waals surface area (Å²) in [6.07, 6.45) is 4.30. The van der Waals surface area contributed by atoms with Crippen LogP contribution >= 0.6 is 0 Å². The maximum absolute atomic E-state index is 5.48. The molecule has 0 N–H and O–H groups in total. The van der Waals surface area contributed by atoms with Crippen molar-refractivity contribution in [1.29, 1.82) is 0 Å². The normalized spacial score (nSPS) is 16.9. The summed E-state index contributed by atoms with van der Waals surface area (Å²) in [6, 6.07) is 46.1. The van der Waals surface area contributed by atoms with Crippen molar-refractivity contribution in [1.82, 2.24) is 0 Å². The van der Waals surface area contributed by atoms with Crippen LogP contribution in [0.5, 0.6) is 0 Å². The lowest BCUT2D eigenvalue weighted by Crippen LogP contribution is -2.22. The summed E-state index contributed by atoms with van der Waals surface area (Å²) in [5.41, 5.74) is 8.59. The van der Waals surface area contributed by atoms with E-state index in [0.29, 0.717) is 0 Å². The van der Waals surface area contributed by atoms with Gasteiger partial charge in [-0.05, 0) is 78.7 Å². The Bertz CT molecular complexity index is 1640.